The van der Waals surface area contributed by atoms with Crippen LogP contribution in [0, 0.1) is 0 Å². The molecule has 2 aliphatic heterocycles. The summed E-state index contributed by atoms with van der Waals surface area (Å²) in [6.45, 7) is 12.0. The molecule has 0 spiro atoms. The molecule has 2 saturated heterocycles. The van der Waals surface area contributed by atoms with Crippen LogP contribution in [0.4, 0.5) is 0 Å². The Labute approximate surface area is 182 Å². The van der Waals surface area contributed by atoms with Crippen molar-refractivity contribution >= 4 is 15.8 Å². The molecule has 168 valence electrons. The normalized spacial score (nSPS) is 22.8. The Hall–Kier alpha value is -1.64. The van der Waals surface area contributed by atoms with Gasteiger partial charge in [0.15, 0.2) is 15.8 Å². The van der Waals surface area contributed by atoms with Crippen molar-refractivity contribution in [2.75, 3.05) is 65.2 Å². The summed E-state index contributed by atoms with van der Waals surface area (Å²) in [5, 5.41) is 3.43. The maximum absolute atomic E-state index is 12.2. The van der Waals surface area contributed by atoms with Gasteiger partial charge >= 0.3 is 0 Å². The molecule has 0 aromatic heterocycles. The van der Waals surface area contributed by atoms with Gasteiger partial charge < -0.3 is 15.1 Å². The monoisotopic (exact) mass is 435 g/mol. The van der Waals surface area contributed by atoms with Gasteiger partial charge in [0, 0.05) is 59.4 Å². The molecule has 30 heavy (non-hydrogen) atoms. The fourth-order valence-electron chi connectivity index (χ4n) is 4.17. The van der Waals surface area contributed by atoms with E-state index in [1.807, 2.05) is 0 Å². The third-order valence-corrected chi connectivity index (χ3v) is 8.74. The zero-order valence-electron chi connectivity index (χ0n) is 18.7. The molecular formula is C22H37N5O2S. The molecule has 2 fully saturated rings. The van der Waals surface area contributed by atoms with E-state index in [1.54, 1.807) is 20.9 Å². The van der Waals surface area contributed by atoms with Gasteiger partial charge in [-0.2, -0.15) is 0 Å². The molecule has 1 N–H and O–H groups in total. The fraction of sp³-hybridized carbons (Fsp3) is 0.682. The van der Waals surface area contributed by atoms with Crippen molar-refractivity contribution in [3.63, 3.8) is 0 Å². The second-order valence-electron chi connectivity index (χ2n) is 8.93. The predicted molar refractivity (Wildman–Crippen MR) is 124 cm³/mol. The molecule has 0 unspecified atom stereocenters. The van der Waals surface area contributed by atoms with Crippen LogP contribution in [0.1, 0.15) is 25.8 Å². The number of nitrogens with zero attached hydrogens (tertiary/aromatic N) is 4. The van der Waals surface area contributed by atoms with Crippen molar-refractivity contribution in [3.8, 4) is 0 Å². The highest BCUT2D eigenvalue weighted by atomic mass is 32.2. The van der Waals surface area contributed by atoms with Crippen molar-refractivity contribution in [2.45, 2.75) is 31.6 Å². The maximum atomic E-state index is 12.2. The highest BCUT2D eigenvalue weighted by Crippen LogP contribution is 2.23. The first kappa shape index (κ1) is 23.0. The maximum Gasteiger partial charge on any atom is 0.193 e. The molecular weight excluding hydrogens is 398 g/mol. The summed E-state index contributed by atoms with van der Waals surface area (Å²) in [6.07, 6.45) is 1.05. The molecule has 0 aliphatic carbocycles. The number of aliphatic imine (C=N–C) groups is 1. The van der Waals surface area contributed by atoms with Crippen molar-refractivity contribution in [1.29, 1.82) is 0 Å². The third kappa shape index (κ3) is 5.95. The van der Waals surface area contributed by atoms with E-state index in [0.29, 0.717) is 13.1 Å². The molecule has 1 aromatic carbocycles. The average molecular weight is 436 g/mol. The number of hydrogen-bond donors (Lipinski definition) is 1. The highest BCUT2D eigenvalue weighted by molar-refractivity contribution is 7.92. The van der Waals surface area contributed by atoms with Gasteiger partial charge in [0.25, 0.3) is 0 Å². The number of hydrogen-bond acceptors (Lipinski definition) is 5. The topological polar surface area (TPSA) is 68.2 Å². The molecule has 3 rings (SSSR count). The number of rotatable bonds is 6. The van der Waals surface area contributed by atoms with Crippen LogP contribution in [0.25, 0.3) is 0 Å². The Bertz CT molecular complexity index is 802. The van der Waals surface area contributed by atoms with Gasteiger partial charge in [0.2, 0.25) is 0 Å². The summed E-state index contributed by atoms with van der Waals surface area (Å²) in [6, 6.07) is 10.7. The number of piperazine rings is 1. The summed E-state index contributed by atoms with van der Waals surface area (Å²) in [5.41, 5.74) is 1.38. The molecule has 1 aromatic rings. The summed E-state index contributed by atoms with van der Waals surface area (Å²) in [4.78, 5) is 11.5. The van der Waals surface area contributed by atoms with Gasteiger partial charge in [-0.3, -0.25) is 9.89 Å². The Kier molecular flexibility index (Phi) is 7.76. The van der Waals surface area contributed by atoms with E-state index in [9.17, 15) is 8.42 Å². The molecule has 0 saturated carbocycles. The minimum atomic E-state index is -3.04. The van der Waals surface area contributed by atoms with Crippen LogP contribution in [0.3, 0.4) is 0 Å². The largest absolute Gasteiger partial charge is 0.356 e. The molecule has 2 heterocycles. The predicted octanol–water partition coefficient (Wildman–Crippen LogP) is 1.28. The van der Waals surface area contributed by atoms with Crippen LogP contribution >= 0.6 is 0 Å². The van der Waals surface area contributed by atoms with Crippen LogP contribution in [0.5, 0.6) is 0 Å². The minimum absolute atomic E-state index is 0.188. The Morgan fingerprint density at radius 2 is 1.73 bits per heavy atom. The van der Waals surface area contributed by atoms with E-state index in [2.05, 4.69) is 55.3 Å². The lowest BCUT2D eigenvalue weighted by Crippen LogP contribution is -2.57. The molecule has 0 radical (unpaired) electrons. The van der Waals surface area contributed by atoms with Crippen molar-refractivity contribution < 1.29 is 8.42 Å². The highest BCUT2D eigenvalue weighted by Gasteiger charge is 2.40. The van der Waals surface area contributed by atoms with Gasteiger partial charge in [0.05, 0.1) is 10.5 Å². The van der Waals surface area contributed by atoms with Gasteiger partial charge in [-0.25, -0.2) is 8.42 Å². The zero-order chi connectivity index (χ0) is 21.6. The van der Waals surface area contributed by atoms with Crippen molar-refractivity contribution in [1.82, 2.24) is 20.0 Å². The Balaban J connectivity index is 1.35. The quantitative estimate of drug-likeness (QED) is 0.412. The number of sulfone groups is 1. The van der Waals surface area contributed by atoms with E-state index in [4.69, 9.17) is 0 Å². The molecule has 2 aliphatic rings. The van der Waals surface area contributed by atoms with E-state index in [0.717, 1.165) is 58.2 Å². The summed E-state index contributed by atoms with van der Waals surface area (Å²) >= 11 is 0. The first-order valence-electron chi connectivity index (χ1n) is 11.0. The van der Waals surface area contributed by atoms with E-state index >= 15 is 0 Å². The molecule has 0 amide bonds. The standard InChI is InChI=1S/C22H37N5O2S/c1-22(2)19-27(16-17-30(22,28)29)21(23-3)24-10-7-11-25-12-14-26(15-13-25)18-20-8-5-4-6-9-20/h4-6,8-9H,7,10-19H2,1-3H3,(H,23,24). The van der Waals surface area contributed by atoms with Crippen LogP contribution in [0.15, 0.2) is 35.3 Å². The molecule has 0 atom stereocenters. The molecule has 8 heteroatoms. The lowest BCUT2D eigenvalue weighted by atomic mass is 10.2. The third-order valence-electron chi connectivity index (χ3n) is 6.20. The second-order valence-corrected chi connectivity index (χ2v) is 11.7. The molecule has 7 nitrogen and oxygen atoms in total. The van der Waals surface area contributed by atoms with Gasteiger partial charge in [0.1, 0.15) is 0 Å². The van der Waals surface area contributed by atoms with Crippen LogP contribution in [-0.2, 0) is 16.4 Å². The van der Waals surface area contributed by atoms with Crippen molar-refractivity contribution in [3.05, 3.63) is 35.9 Å². The van der Waals surface area contributed by atoms with Crippen LogP contribution in [-0.4, -0.2) is 99.0 Å². The fourth-order valence-corrected chi connectivity index (χ4v) is 5.54. The lowest BCUT2D eigenvalue weighted by Gasteiger charge is -2.39. The first-order chi connectivity index (χ1) is 14.3. The number of guanidine groups is 1. The molecule has 0 bridgehead atoms. The minimum Gasteiger partial charge on any atom is -0.356 e. The SMILES string of the molecule is CN=C(NCCCN1CCN(Cc2ccccc2)CC1)N1CCS(=O)(=O)C(C)(C)C1. The summed E-state index contributed by atoms with van der Waals surface area (Å²) in [5.74, 6) is 0.999. The van der Waals surface area contributed by atoms with Crippen LogP contribution < -0.4 is 5.32 Å². The first-order valence-corrected chi connectivity index (χ1v) is 12.6. The Morgan fingerprint density at radius 3 is 2.37 bits per heavy atom. The lowest BCUT2D eigenvalue weighted by molar-refractivity contribution is 0.126. The van der Waals surface area contributed by atoms with Gasteiger partial charge in [-0.1, -0.05) is 30.3 Å². The number of nitrogens with one attached hydrogen (secondary N) is 1. The second kappa shape index (κ2) is 10.1. The van der Waals surface area contributed by atoms with E-state index in [1.165, 1.54) is 5.56 Å². The van der Waals surface area contributed by atoms with Crippen molar-refractivity contribution in [2.24, 2.45) is 4.99 Å². The summed E-state index contributed by atoms with van der Waals surface area (Å²) in [7, 11) is -1.27. The average Bonchev–Trinajstić information content (AvgIpc) is 2.72. The van der Waals surface area contributed by atoms with Crippen LogP contribution in [0.2, 0.25) is 0 Å². The zero-order valence-corrected chi connectivity index (χ0v) is 19.5. The van der Waals surface area contributed by atoms with E-state index in [-0.39, 0.29) is 5.75 Å². The van der Waals surface area contributed by atoms with Gasteiger partial charge in [-0.15, -0.1) is 0 Å². The summed E-state index contributed by atoms with van der Waals surface area (Å²) < 4.78 is 23.7. The van der Waals surface area contributed by atoms with E-state index < -0.39 is 14.6 Å². The van der Waals surface area contributed by atoms with Gasteiger partial charge in [-0.05, 0) is 32.4 Å². The number of benzene rings is 1. The smallest absolute Gasteiger partial charge is 0.193 e. The Morgan fingerprint density at radius 1 is 1.07 bits per heavy atom.